The van der Waals surface area contributed by atoms with Crippen molar-refractivity contribution in [3.05, 3.63) is 97.2 Å². The van der Waals surface area contributed by atoms with Crippen LogP contribution < -0.4 is 5.32 Å². The molecule has 19 heteroatoms. The van der Waals surface area contributed by atoms with Gasteiger partial charge < -0.3 is 89.9 Å². The Labute approximate surface area is 526 Å². The molecular formula is C69H117NO18. The molecule has 3 aliphatic rings. The number of hydrogen-bond acceptors (Lipinski definition) is 18. The summed E-state index contributed by atoms with van der Waals surface area (Å²) in [6.07, 6.45) is 38.2. The second kappa shape index (κ2) is 50.3. The summed E-state index contributed by atoms with van der Waals surface area (Å²) in [4.78, 5) is 13.4. The van der Waals surface area contributed by atoms with Crippen molar-refractivity contribution in [1.82, 2.24) is 5.32 Å². The summed E-state index contributed by atoms with van der Waals surface area (Å²) in [7, 11) is 0. The van der Waals surface area contributed by atoms with Gasteiger partial charge in [-0.2, -0.15) is 0 Å². The molecule has 0 aromatic rings. The Morgan fingerprint density at radius 1 is 0.420 bits per heavy atom. The van der Waals surface area contributed by atoms with Crippen LogP contribution in [0.4, 0.5) is 0 Å². The number of hydrogen-bond donors (Lipinski definition) is 12. The maximum atomic E-state index is 13.4. The Kier molecular flexibility index (Phi) is 45.1. The first-order valence-corrected chi connectivity index (χ1v) is 33.5. The Bertz CT molecular complexity index is 1970. The third-order valence-corrected chi connectivity index (χ3v) is 16.1. The van der Waals surface area contributed by atoms with E-state index in [4.69, 9.17) is 28.4 Å². The van der Waals surface area contributed by atoms with Gasteiger partial charge in [-0.25, -0.2) is 0 Å². The van der Waals surface area contributed by atoms with Crippen LogP contribution in [-0.4, -0.2) is 193 Å². The molecule has 3 saturated heterocycles. The highest BCUT2D eigenvalue weighted by atomic mass is 16.8. The first-order chi connectivity index (χ1) is 42.8. The lowest BCUT2D eigenvalue weighted by Gasteiger charge is -2.48. The summed E-state index contributed by atoms with van der Waals surface area (Å²) in [6, 6.07) is -0.982. The Hall–Kier alpha value is -3.29. The molecule has 0 aromatic heterocycles. The maximum Gasteiger partial charge on any atom is 0.220 e. The number of carbonyl (C=O) groups is 1. The number of unbranched alkanes of at least 4 members (excludes halogenated alkanes) is 19. The zero-order chi connectivity index (χ0) is 64.0. The van der Waals surface area contributed by atoms with Crippen LogP contribution in [0.1, 0.15) is 200 Å². The van der Waals surface area contributed by atoms with E-state index >= 15 is 0 Å². The molecule has 3 rings (SSSR count). The summed E-state index contributed by atoms with van der Waals surface area (Å²) in [6.45, 7) is 1.58. The standard InChI is InChI=1S/C69H117NO18/c1-3-5-7-9-11-13-15-17-18-19-20-21-22-23-24-25-26-27-28-29-30-31-32-33-34-35-37-39-41-43-45-47-57(75)70-52(53(74)46-44-42-40-38-36-16-14-12-10-8-6-4-2)51-83-67-63(81)60(78)65(55(49-72)85-67)88-69-64(82)61(79)66(56(50-73)86-69)87-68-62(80)59(77)58(76)54(48-71)84-68/h5,7,11,13,17-18,20-21,23-24,26-27,29-30,44,46,52-56,58-69,71-74,76-82H,3-4,6,8-10,12,14-16,19,22,25,28,31-43,45,47-51H2,1-2H3,(H,70,75)/b7-5-,13-11-,18-17-,21-20-,24-23-,27-26-,30-29-,46-44+. The van der Waals surface area contributed by atoms with Crippen LogP contribution in [0.5, 0.6) is 0 Å². The number of rotatable bonds is 49. The number of aliphatic hydroxyl groups excluding tert-OH is 11. The molecule has 88 heavy (non-hydrogen) atoms. The molecule has 3 fully saturated rings. The molecule has 17 atom stereocenters. The summed E-state index contributed by atoms with van der Waals surface area (Å²) in [5.41, 5.74) is 0. The van der Waals surface area contributed by atoms with E-state index in [1.807, 2.05) is 6.08 Å². The van der Waals surface area contributed by atoms with E-state index in [0.717, 1.165) is 103 Å². The summed E-state index contributed by atoms with van der Waals surface area (Å²) in [5, 5.41) is 120. The fourth-order valence-corrected chi connectivity index (χ4v) is 10.7. The van der Waals surface area contributed by atoms with Gasteiger partial charge in [0.1, 0.15) is 73.2 Å². The minimum absolute atomic E-state index is 0.230. The number of ether oxygens (including phenoxy) is 6. The van der Waals surface area contributed by atoms with Gasteiger partial charge in [0, 0.05) is 6.42 Å². The zero-order valence-corrected chi connectivity index (χ0v) is 53.2. The Morgan fingerprint density at radius 3 is 1.23 bits per heavy atom. The van der Waals surface area contributed by atoms with E-state index in [2.05, 4.69) is 104 Å². The molecule has 0 saturated carbocycles. The zero-order valence-electron chi connectivity index (χ0n) is 53.2. The van der Waals surface area contributed by atoms with Gasteiger partial charge in [0.15, 0.2) is 18.9 Å². The van der Waals surface area contributed by atoms with Crippen LogP contribution in [0.25, 0.3) is 0 Å². The van der Waals surface area contributed by atoms with Crippen molar-refractivity contribution >= 4 is 5.91 Å². The molecule has 12 N–H and O–H groups in total. The maximum absolute atomic E-state index is 13.4. The third-order valence-electron chi connectivity index (χ3n) is 16.1. The largest absolute Gasteiger partial charge is 0.394 e. The smallest absolute Gasteiger partial charge is 0.220 e. The van der Waals surface area contributed by atoms with Gasteiger partial charge in [-0.3, -0.25) is 4.79 Å². The monoisotopic (exact) mass is 1250 g/mol. The molecule has 0 bridgehead atoms. The van der Waals surface area contributed by atoms with Crippen molar-refractivity contribution < 1.29 is 89.4 Å². The SMILES string of the molecule is CC/C=C\C/C=C\C/C=C\C/C=C\C/C=C\C/C=C\C/C=C\CCCCCCCCCCCC(=O)NC(COC1OC(CO)C(OC2OC(CO)C(OC3OC(CO)C(O)C(O)C3O)C(O)C2O)C(O)C1O)C(O)/C=C/CCCCCCCCCCCC. The minimum Gasteiger partial charge on any atom is -0.394 e. The van der Waals surface area contributed by atoms with Gasteiger partial charge in [-0.15, -0.1) is 0 Å². The molecule has 3 heterocycles. The Balaban J connectivity index is 1.40. The summed E-state index contributed by atoms with van der Waals surface area (Å²) < 4.78 is 34.3. The normalized spacial score (nSPS) is 29.0. The van der Waals surface area contributed by atoms with Crippen LogP contribution in [0.3, 0.4) is 0 Å². The lowest BCUT2D eigenvalue weighted by Crippen LogP contribution is -2.66. The number of amides is 1. The van der Waals surface area contributed by atoms with E-state index in [9.17, 15) is 61.0 Å². The molecular weight excluding hydrogens is 1130 g/mol. The second-order valence-electron chi connectivity index (χ2n) is 23.6. The van der Waals surface area contributed by atoms with E-state index in [-0.39, 0.29) is 18.9 Å². The van der Waals surface area contributed by atoms with Gasteiger partial charge in [-0.05, 0) is 77.0 Å². The predicted molar refractivity (Wildman–Crippen MR) is 341 cm³/mol. The molecule has 0 aromatic carbocycles. The van der Waals surface area contributed by atoms with Gasteiger partial charge in [-0.1, -0.05) is 214 Å². The fraction of sp³-hybridized carbons (Fsp3) is 0.754. The summed E-state index contributed by atoms with van der Waals surface area (Å²) >= 11 is 0. The van der Waals surface area contributed by atoms with Crippen LogP contribution >= 0.6 is 0 Å². The predicted octanol–water partition coefficient (Wildman–Crippen LogP) is 8.10. The molecule has 3 aliphatic heterocycles. The van der Waals surface area contributed by atoms with Crippen LogP contribution in [0, 0.1) is 0 Å². The van der Waals surface area contributed by atoms with Crippen molar-refractivity contribution in [3.8, 4) is 0 Å². The molecule has 0 spiro atoms. The lowest BCUT2D eigenvalue weighted by molar-refractivity contribution is -0.379. The quantitative estimate of drug-likeness (QED) is 0.0202. The Morgan fingerprint density at radius 2 is 0.784 bits per heavy atom. The van der Waals surface area contributed by atoms with Crippen molar-refractivity contribution in [1.29, 1.82) is 0 Å². The highest BCUT2D eigenvalue weighted by Gasteiger charge is 2.53. The summed E-state index contributed by atoms with van der Waals surface area (Å²) in [5.74, 6) is -0.288. The van der Waals surface area contributed by atoms with Crippen molar-refractivity contribution in [2.24, 2.45) is 0 Å². The first kappa shape index (κ1) is 78.9. The molecule has 17 unspecified atom stereocenters. The number of carbonyl (C=O) groups excluding carboxylic acids is 1. The molecule has 0 aliphatic carbocycles. The average molecular weight is 1250 g/mol. The van der Waals surface area contributed by atoms with Crippen LogP contribution in [-0.2, 0) is 33.2 Å². The van der Waals surface area contributed by atoms with Crippen LogP contribution in [0.2, 0.25) is 0 Å². The van der Waals surface area contributed by atoms with Crippen molar-refractivity contribution in [2.45, 2.75) is 304 Å². The van der Waals surface area contributed by atoms with Crippen molar-refractivity contribution in [2.75, 3.05) is 26.4 Å². The molecule has 19 nitrogen and oxygen atoms in total. The highest BCUT2D eigenvalue weighted by Crippen LogP contribution is 2.33. The fourth-order valence-electron chi connectivity index (χ4n) is 10.7. The molecule has 0 radical (unpaired) electrons. The van der Waals surface area contributed by atoms with E-state index < -0.39 is 124 Å². The van der Waals surface area contributed by atoms with Gasteiger partial charge in [0.2, 0.25) is 5.91 Å². The topological polar surface area (TPSA) is 307 Å². The lowest BCUT2D eigenvalue weighted by atomic mass is 9.96. The van der Waals surface area contributed by atoms with Gasteiger partial charge in [0.25, 0.3) is 0 Å². The van der Waals surface area contributed by atoms with E-state index in [0.29, 0.717) is 6.42 Å². The number of allylic oxidation sites excluding steroid dienone is 15. The van der Waals surface area contributed by atoms with Gasteiger partial charge >= 0.3 is 0 Å². The number of aliphatic hydroxyl groups is 11. The molecule has 1 amide bonds. The van der Waals surface area contributed by atoms with E-state index in [1.165, 1.54) is 70.6 Å². The van der Waals surface area contributed by atoms with Gasteiger partial charge in [0.05, 0.1) is 38.6 Å². The highest BCUT2D eigenvalue weighted by molar-refractivity contribution is 5.76. The minimum atomic E-state index is -1.98. The second-order valence-corrected chi connectivity index (χ2v) is 23.6. The van der Waals surface area contributed by atoms with Crippen molar-refractivity contribution in [3.63, 3.8) is 0 Å². The number of nitrogens with one attached hydrogen (secondary N) is 1. The molecule has 506 valence electrons. The average Bonchev–Trinajstić information content (AvgIpc) is 1.54. The third kappa shape index (κ3) is 32.3. The van der Waals surface area contributed by atoms with Crippen LogP contribution in [0.15, 0.2) is 97.2 Å². The van der Waals surface area contributed by atoms with E-state index in [1.54, 1.807) is 6.08 Å². The first-order valence-electron chi connectivity index (χ1n) is 33.5.